The molecule has 6 heteroatoms. The zero-order chi connectivity index (χ0) is 16.1. The Balaban J connectivity index is 2.02. The Hall–Kier alpha value is -2.37. The van der Waals surface area contributed by atoms with Gasteiger partial charge < -0.3 is 15.4 Å². The highest BCUT2D eigenvalue weighted by Gasteiger charge is 2.30. The fraction of sp³-hybridized carbons (Fsp3) is 0.438. The van der Waals surface area contributed by atoms with Crippen molar-refractivity contribution in [1.29, 1.82) is 0 Å². The van der Waals surface area contributed by atoms with Crippen LogP contribution in [0.2, 0.25) is 0 Å². The third-order valence-corrected chi connectivity index (χ3v) is 3.67. The molecule has 1 aliphatic heterocycles. The van der Waals surface area contributed by atoms with Gasteiger partial charge >= 0.3 is 5.97 Å². The van der Waals surface area contributed by atoms with Gasteiger partial charge in [0.25, 0.3) is 0 Å². The van der Waals surface area contributed by atoms with Gasteiger partial charge in [0.05, 0.1) is 7.11 Å². The van der Waals surface area contributed by atoms with E-state index in [9.17, 15) is 14.4 Å². The Bertz CT molecular complexity index is 568. The summed E-state index contributed by atoms with van der Waals surface area (Å²) in [7, 11) is 1.29. The van der Waals surface area contributed by atoms with Crippen LogP contribution >= 0.6 is 0 Å². The number of hydrogen-bond donors (Lipinski definition) is 2. The topological polar surface area (TPSA) is 84.5 Å². The largest absolute Gasteiger partial charge is 0.467 e. The molecule has 1 heterocycles. The number of methoxy groups -OCH3 is 1. The first-order valence-electron chi connectivity index (χ1n) is 7.22. The van der Waals surface area contributed by atoms with Crippen molar-refractivity contribution in [3.63, 3.8) is 0 Å². The molecule has 2 rings (SSSR count). The first-order valence-corrected chi connectivity index (χ1v) is 7.22. The monoisotopic (exact) mass is 304 g/mol. The molecule has 0 unspecified atom stereocenters. The number of benzene rings is 1. The molecule has 1 aliphatic rings. The van der Waals surface area contributed by atoms with Crippen molar-refractivity contribution < 1.29 is 19.1 Å². The van der Waals surface area contributed by atoms with E-state index in [-0.39, 0.29) is 11.8 Å². The summed E-state index contributed by atoms with van der Waals surface area (Å²) in [6.07, 6.45) is 1.13. The first kappa shape index (κ1) is 16.0. The molecule has 0 radical (unpaired) electrons. The highest BCUT2D eigenvalue weighted by molar-refractivity contribution is 5.93. The van der Waals surface area contributed by atoms with Crippen molar-refractivity contribution in [2.24, 2.45) is 0 Å². The van der Waals surface area contributed by atoms with E-state index < -0.39 is 18.1 Å². The van der Waals surface area contributed by atoms with E-state index >= 15 is 0 Å². The zero-order valence-electron chi connectivity index (χ0n) is 12.7. The van der Waals surface area contributed by atoms with Crippen LogP contribution in [0.5, 0.6) is 0 Å². The number of esters is 1. The van der Waals surface area contributed by atoms with Crippen LogP contribution in [0.25, 0.3) is 0 Å². The van der Waals surface area contributed by atoms with Gasteiger partial charge in [-0.15, -0.1) is 0 Å². The lowest BCUT2D eigenvalue weighted by Gasteiger charge is -2.19. The molecule has 1 aromatic carbocycles. The van der Waals surface area contributed by atoms with Gasteiger partial charge in [-0.25, -0.2) is 4.79 Å². The molecule has 0 aromatic heterocycles. The van der Waals surface area contributed by atoms with Crippen molar-refractivity contribution in [3.8, 4) is 0 Å². The molecule has 2 atom stereocenters. The van der Waals surface area contributed by atoms with Gasteiger partial charge in [-0.05, 0) is 18.9 Å². The SMILES string of the molecule is COC(=O)[C@H](Cc1ccc(C)cc1)NC(=O)[C@H]1CCC(=O)N1. The van der Waals surface area contributed by atoms with E-state index in [1.54, 1.807) is 0 Å². The number of rotatable bonds is 5. The van der Waals surface area contributed by atoms with Crippen molar-refractivity contribution in [3.05, 3.63) is 35.4 Å². The van der Waals surface area contributed by atoms with Gasteiger partial charge in [-0.1, -0.05) is 29.8 Å². The van der Waals surface area contributed by atoms with Gasteiger partial charge in [-0.2, -0.15) is 0 Å². The Morgan fingerprint density at radius 3 is 2.59 bits per heavy atom. The number of ether oxygens (including phenoxy) is 1. The highest BCUT2D eigenvalue weighted by Crippen LogP contribution is 2.10. The Morgan fingerprint density at radius 2 is 2.05 bits per heavy atom. The normalized spacial score (nSPS) is 18.5. The molecule has 0 spiro atoms. The lowest BCUT2D eigenvalue weighted by molar-refractivity contribution is -0.145. The standard InChI is InChI=1S/C16H20N2O4/c1-10-3-5-11(6-4-10)9-13(16(21)22-2)18-15(20)12-7-8-14(19)17-12/h3-6,12-13H,7-9H2,1-2H3,(H,17,19)(H,18,20)/t12-,13+/m1/s1. The van der Waals surface area contributed by atoms with Crippen molar-refractivity contribution in [1.82, 2.24) is 10.6 Å². The number of amides is 2. The summed E-state index contributed by atoms with van der Waals surface area (Å²) in [6, 6.07) is 6.38. The molecule has 0 aliphatic carbocycles. The average Bonchev–Trinajstić information content (AvgIpc) is 2.94. The summed E-state index contributed by atoms with van der Waals surface area (Å²) in [6.45, 7) is 1.98. The molecule has 6 nitrogen and oxygen atoms in total. The molecule has 22 heavy (non-hydrogen) atoms. The highest BCUT2D eigenvalue weighted by atomic mass is 16.5. The summed E-state index contributed by atoms with van der Waals surface area (Å²) >= 11 is 0. The number of aryl methyl sites for hydroxylation is 1. The van der Waals surface area contributed by atoms with Crippen LogP contribution in [-0.2, 0) is 25.5 Å². The van der Waals surface area contributed by atoms with Crippen LogP contribution in [-0.4, -0.2) is 37.0 Å². The lowest BCUT2D eigenvalue weighted by Crippen LogP contribution is -2.49. The van der Waals surface area contributed by atoms with Crippen LogP contribution < -0.4 is 10.6 Å². The minimum atomic E-state index is -0.766. The number of carbonyl (C=O) groups is 3. The second-order valence-electron chi connectivity index (χ2n) is 5.43. The van der Waals surface area contributed by atoms with Crippen LogP contribution in [0.4, 0.5) is 0 Å². The Morgan fingerprint density at radius 1 is 1.36 bits per heavy atom. The lowest BCUT2D eigenvalue weighted by atomic mass is 10.0. The molecular formula is C16H20N2O4. The van der Waals surface area contributed by atoms with E-state index in [2.05, 4.69) is 10.6 Å². The summed E-state index contributed by atoms with van der Waals surface area (Å²) in [4.78, 5) is 35.2. The zero-order valence-corrected chi connectivity index (χ0v) is 12.7. The summed E-state index contributed by atoms with van der Waals surface area (Å²) in [5.74, 6) is -1.00. The molecule has 1 saturated heterocycles. The molecule has 2 amide bonds. The number of nitrogens with one attached hydrogen (secondary N) is 2. The third kappa shape index (κ3) is 4.07. The molecular weight excluding hydrogens is 284 g/mol. The van der Waals surface area contributed by atoms with Crippen molar-refractivity contribution in [2.45, 2.75) is 38.3 Å². The van der Waals surface area contributed by atoms with E-state index in [1.807, 2.05) is 31.2 Å². The molecule has 0 bridgehead atoms. The van der Waals surface area contributed by atoms with Gasteiger partial charge in [0.15, 0.2) is 0 Å². The fourth-order valence-corrected chi connectivity index (χ4v) is 2.38. The van der Waals surface area contributed by atoms with Crippen LogP contribution in [0.1, 0.15) is 24.0 Å². The van der Waals surface area contributed by atoms with E-state index in [4.69, 9.17) is 4.74 Å². The summed E-state index contributed by atoms with van der Waals surface area (Å²) in [5, 5.41) is 5.25. The van der Waals surface area contributed by atoms with Crippen LogP contribution in [0.3, 0.4) is 0 Å². The van der Waals surface area contributed by atoms with E-state index in [0.29, 0.717) is 19.3 Å². The predicted molar refractivity (Wildman–Crippen MR) is 80.0 cm³/mol. The predicted octanol–water partition coefficient (Wildman–Crippen LogP) is 0.474. The summed E-state index contributed by atoms with van der Waals surface area (Å²) < 4.78 is 4.75. The average molecular weight is 304 g/mol. The Labute approximate surface area is 129 Å². The molecule has 2 N–H and O–H groups in total. The summed E-state index contributed by atoms with van der Waals surface area (Å²) in [5.41, 5.74) is 2.05. The third-order valence-electron chi connectivity index (χ3n) is 3.67. The maximum atomic E-state index is 12.1. The minimum Gasteiger partial charge on any atom is -0.467 e. The number of hydrogen-bond acceptors (Lipinski definition) is 4. The number of carbonyl (C=O) groups excluding carboxylic acids is 3. The molecule has 1 aromatic rings. The van der Waals surface area contributed by atoms with Crippen LogP contribution in [0, 0.1) is 6.92 Å². The quantitative estimate of drug-likeness (QED) is 0.775. The van der Waals surface area contributed by atoms with Crippen LogP contribution in [0.15, 0.2) is 24.3 Å². The van der Waals surface area contributed by atoms with Gasteiger partial charge in [0, 0.05) is 12.8 Å². The molecule has 118 valence electrons. The minimum absolute atomic E-state index is 0.145. The van der Waals surface area contributed by atoms with Crippen molar-refractivity contribution >= 4 is 17.8 Å². The second-order valence-corrected chi connectivity index (χ2v) is 5.43. The first-order chi connectivity index (χ1) is 10.5. The van der Waals surface area contributed by atoms with Gasteiger partial charge in [-0.3, -0.25) is 9.59 Å². The maximum Gasteiger partial charge on any atom is 0.328 e. The van der Waals surface area contributed by atoms with E-state index in [1.165, 1.54) is 7.11 Å². The fourth-order valence-electron chi connectivity index (χ4n) is 2.38. The second kappa shape index (κ2) is 7.06. The molecule has 0 saturated carbocycles. The van der Waals surface area contributed by atoms with Crippen molar-refractivity contribution in [2.75, 3.05) is 7.11 Å². The van der Waals surface area contributed by atoms with E-state index in [0.717, 1.165) is 11.1 Å². The maximum absolute atomic E-state index is 12.1. The molecule has 1 fully saturated rings. The van der Waals surface area contributed by atoms with Gasteiger partial charge in [0.1, 0.15) is 12.1 Å². The smallest absolute Gasteiger partial charge is 0.328 e. The Kier molecular flexibility index (Phi) is 5.14. The van der Waals surface area contributed by atoms with Gasteiger partial charge in [0.2, 0.25) is 11.8 Å².